The van der Waals surface area contributed by atoms with Crippen LogP contribution in [0.15, 0.2) is 29.2 Å². The van der Waals surface area contributed by atoms with Crippen molar-refractivity contribution in [2.24, 2.45) is 0 Å². The minimum atomic E-state index is -3.60. The Morgan fingerprint density at radius 1 is 1.26 bits per heavy atom. The Morgan fingerprint density at radius 3 is 2.44 bits per heavy atom. The zero-order valence-electron chi connectivity index (χ0n) is 16.6. The van der Waals surface area contributed by atoms with Gasteiger partial charge in [0.05, 0.1) is 4.90 Å². The number of nitrogens with zero attached hydrogens (tertiary/aromatic N) is 2. The molecule has 0 unspecified atom stereocenters. The van der Waals surface area contributed by atoms with Gasteiger partial charge >= 0.3 is 0 Å². The number of benzene rings is 1. The molecule has 1 saturated heterocycles. The first kappa shape index (κ1) is 23.9. The summed E-state index contributed by atoms with van der Waals surface area (Å²) < 4.78 is 26.8. The molecular formula is C19H32ClN3O3S. The quantitative estimate of drug-likeness (QED) is 0.740. The molecule has 27 heavy (non-hydrogen) atoms. The van der Waals surface area contributed by atoms with Crippen molar-refractivity contribution >= 4 is 28.3 Å². The number of sulfonamides is 1. The fourth-order valence-corrected chi connectivity index (χ4v) is 4.62. The Morgan fingerprint density at radius 2 is 1.89 bits per heavy atom. The van der Waals surface area contributed by atoms with Crippen molar-refractivity contribution < 1.29 is 13.2 Å². The van der Waals surface area contributed by atoms with Gasteiger partial charge in [0.1, 0.15) is 0 Å². The first-order valence-electron chi connectivity index (χ1n) is 9.38. The molecule has 1 amide bonds. The summed E-state index contributed by atoms with van der Waals surface area (Å²) in [7, 11) is -2.04. The van der Waals surface area contributed by atoms with Gasteiger partial charge in [-0.25, -0.2) is 8.42 Å². The van der Waals surface area contributed by atoms with Crippen LogP contribution < -0.4 is 5.32 Å². The predicted octanol–water partition coefficient (Wildman–Crippen LogP) is 2.74. The molecule has 1 fully saturated rings. The lowest BCUT2D eigenvalue weighted by Crippen LogP contribution is -2.46. The third kappa shape index (κ3) is 5.67. The second kappa shape index (κ2) is 10.4. The van der Waals surface area contributed by atoms with E-state index in [9.17, 15) is 13.2 Å². The average molecular weight is 418 g/mol. The van der Waals surface area contributed by atoms with Crippen molar-refractivity contribution in [2.45, 2.75) is 57.0 Å². The topological polar surface area (TPSA) is 69.7 Å². The Hall–Kier alpha value is -1.15. The molecule has 1 N–H and O–H groups in total. The molecule has 0 aromatic heterocycles. The van der Waals surface area contributed by atoms with Crippen LogP contribution in [0.4, 0.5) is 0 Å². The van der Waals surface area contributed by atoms with Gasteiger partial charge in [-0.3, -0.25) is 4.79 Å². The maximum atomic E-state index is 13.1. The van der Waals surface area contributed by atoms with Gasteiger partial charge in [-0.15, -0.1) is 12.4 Å². The normalized spacial score (nSPS) is 15.6. The summed E-state index contributed by atoms with van der Waals surface area (Å²) in [6, 6.07) is 6.49. The summed E-state index contributed by atoms with van der Waals surface area (Å²) in [5.41, 5.74) is 0.440. The molecule has 1 heterocycles. The van der Waals surface area contributed by atoms with Crippen molar-refractivity contribution in [3.05, 3.63) is 29.8 Å². The molecule has 1 aliphatic rings. The van der Waals surface area contributed by atoms with Gasteiger partial charge in [0.15, 0.2) is 0 Å². The van der Waals surface area contributed by atoms with E-state index in [1.807, 2.05) is 18.7 Å². The van der Waals surface area contributed by atoms with Gasteiger partial charge in [0.25, 0.3) is 5.91 Å². The number of hydrogen-bond donors (Lipinski definition) is 1. The van der Waals surface area contributed by atoms with Crippen molar-refractivity contribution in [3.8, 4) is 0 Å². The number of amides is 1. The second-order valence-corrected chi connectivity index (χ2v) is 9.12. The van der Waals surface area contributed by atoms with Gasteiger partial charge in [-0.2, -0.15) is 4.31 Å². The molecule has 0 atom stereocenters. The van der Waals surface area contributed by atoms with Crippen molar-refractivity contribution in [1.29, 1.82) is 0 Å². The van der Waals surface area contributed by atoms with Crippen molar-refractivity contribution in [1.82, 2.24) is 14.5 Å². The van der Waals surface area contributed by atoms with Gasteiger partial charge < -0.3 is 10.2 Å². The molecule has 1 aromatic rings. The molecule has 2 rings (SSSR count). The Kier molecular flexibility index (Phi) is 9.21. The third-order valence-electron chi connectivity index (χ3n) is 4.96. The second-order valence-electron chi connectivity index (χ2n) is 7.12. The lowest BCUT2D eigenvalue weighted by Gasteiger charge is -2.34. The Labute approximate surface area is 169 Å². The number of hydrogen-bond acceptors (Lipinski definition) is 4. The molecule has 8 heteroatoms. The van der Waals surface area contributed by atoms with Crippen LogP contribution in [0.25, 0.3) is 0 Å². The van der Waals surface area contributed by atoms with Crippen molar-refractivity contribution in [3.63, 3.8) is 0 Å². The first-order chi connectivity index (χ1) is 12.3. The Bertz CT molecular complexity index is 719. The molecule has 1 aliphatic heterocycles. The highest BCUT2D eigenvalue weighted by atomic mass is 35.5. The van der Waals surface area contributed by atoms with Crippen LogP contribution in [0.3, 0.4) is 0 Å². The summed E-state index contributed by atoms with van der Waals surface area (Å²) >= 11 is 0. The highest BCUT2D eigenvalue weighted by molar-refractivity contribution is 7.89. The lowest BCUT2D eigenvalue weighted by atomic mass is 10.0. The maximum absolute atomic E-state index is 13.1. The molecule has 1 aromatic carbocycles. The number of halogens is 1. The molecular weight excluding hydrogens is 386 g/mol. The molecule has 6 nitrogen and oxygen atoms in total. The zero-order valence-corrected chi connectivity index (χ0v) is 18.3. The Balaban J connectivity index is 0.00000364. The van der Waals surface area contributed by atoms with E-state index in [1.165, 1.54) is 10.4 Å². The number of carbonyl (C=O) groups excluding carboxylic acids is 1. The standard InChI is InChI=1S/C19H31N3O3S.ClH/c1-5-13-22(17-9-11-20-12-10-17)19(23)16-7-6-8-18(14-16)26(24,25)21(4)15(2)3;/h6-8,14-15,17,20H,5,9-13H2,1-4H3;1H. The van der Waals surface area contributed by atoms with E-state index in [-0.39, 0.29) is 35.3 Å². The molecule has 0 radical (unpaired) electrons. The van der Waals surface area contributed by atoms with E-state index in [0.29, 0.717) is 12.1 Å². The summed E-state index contributed by atoms with van der Waals surface area (Å²) in [5, 5.41) is 3.32. The van der Waals surface area contributed by atoms with Crippen LogP contribution in [-0.2, 0) is 10.0 Å². The van der Waals surface area contributed by atoms with Gasteiger partial charge in [-0.05, 0) is 64.4 Å². The van der Waals surface area contributed by atoms with E-state index in [4.69, 9.17) is 0 Å². The molecule has 0 spiro atoms. The highest BCUT2D eigenvalue weighted by Gasteiger charge is 2.28. The summed E-state index contributed by atoms with van der Waals surface area (Å²) in [5.74, 6) is -0.0806. The predicted molar refractivity (Wildman–Crippen MR) is 111 cm³/mol. The maximum Gasteiger partial charge on any atom is 0.254 e. The number of rotatable bonds is 7. The molecule has 0 saturated carbocycles. The van der Waals surface area contributed by atoms with Gasteiger partial charge in [0, 0.05) is 31.2 Å². The van der Waals surface area contributed by atoms with E-state index >= 15 is 0 Å². The monoisotopic (exact) mass is 417 g/mol. The lowest BCUT2D eigenvalue weighted by molar-refractivity contribution is 0.0642. The SMILES string of the molecule is CCCN(C(=O)c1cccc(S(=O)(=O)N(C)C(C)C)c1)C1CCNCC1.Cl. The molecule has 0 bridgehead atoms. The average Bonchev–Trinajstić information content (AvgIpc) is 2.65. The van der Waals surface area contributed by atoms with Crippen LogP contribution in [0, 0.1) is 0 Å². The number of carbonyl (C=O) groups is 1. The molecule has 154 valence electrons. The van der Waals surface area contributed by atoms with E-state index in [2.05, 4.69) is 12.2 Å². The van der Waals surface area contributed by atoms with E-state index in [1.54, 1.807) is 25.2 Å². The van der Waals surface area contributed by atoms with Crippen LogP contribution in [0.2, 0.25) is 0 Å². The largest absolute Gasteiger partial charge is 0.336 e. The fraction of sp³-hybridized carbons (Fsp3) is 0.632. The van der Waals surface area contributed by atoms with Crippen LogP contribution in [0.5, 0.6) is 0 Å². The summed E-state index contributed by atoms with van der Waals surface area (Å²) in [6.07, 6.45) is 2.74. The van der Waals surface area contributed by atoms with Crippen LogP contribution in [0.1, 0.15) is 50.4 Å². The fourth-order valence-electron chi connectivity index (χ4n) is 3.21. The smallest absolute Gasteiger partial charge is 0.254 e. The van der Waals surface area contributed by atoms with E-state index < -0.39 is 10.0 Å². The zero-order chi connectivity index (χ0) is 19.3. The van der Waals surface area contributed by atoms with Gasteiger partial charge in [0.2, 0.25) is 10.0 Å². The minimum absolute atomic E-state index is 0. The van der Waals surface area contributed by atoms with Crippen molar-refractivity contribution in [2.75, 3.05) is 26.7 Å². The summed E-state index contributed by atoms with van der Waals surface area (Å²) in [6.45, 7) is 8.21. The molecule has 0 aliphatic carbocycles. The van der Waals surface area contributed by atoms with Crippen LogP contribution in [-0.4, -0.2) is 62.3 Å². The first-order valence-corrected chi connectivity index (χ1v) is 10.8. The minimum Gasteiger partial charge on any atom is -0.336 e. The highest BCUT2D eigenvalue weighted by Crippen LogP contribution is 2.21. The number of piperidine rings is 1. The van der Waals surface area contributed by atoms with Crippen LogP contribution >= 0.6 is 12.4 Å². The summed E-state index contributed by atoms with van der Waals surface area (Å²) in [4.78, 5) is 15.2. The third-order valence-corrected chi connectivity index (χ3v) is 6.99. The van der Waals surface area contributed by atoms with Gasteiger partial charge in [-0.1, -0.05) is 13.0 Å². The van der Waals surface area contributed by atoms with E-state index in [0.717, 1.165) is 32.4 Å². The number of nitrogens with one attached hydrogen (secondary N) is 1.